The molecule has 14 heavy (non-hydrogen) atoms. The molecule has 0 bridgehead atoms. The molecule has 0 saturated heterocycles. The van der Waals surface area contributed by atoms with Gasteiger partial charge in [-0.15, -0.1) is 0 Å². The third-order valence-electron chi connectivity index (χ3n) is 2.36. The van der Waals surface area contributed by atoms with Crippen molar-refractivity contribution in [1.29, 1.82) is 0 Å². The van der Waals surface area contributed by atoms with Gasteiger partial charge < -0.3 is 9.53 Å². The zero-order valence-electron chi connectivity index (χ0n) is 7.57. The van der Waals surface area contributed by atoms with Crippen molar-refractivity contribution in [3.05, 3.63) is 23.4 Å². The van der Waals surface area contributed by atoms with E-state index in [-0.39, 0.29) is 5.41 Å². The molecule has 1 heterocycles. The summed E-state index contributed by atoms with van der Waals surface area (Å²) in [6.45, 7) is 0.382. The molecule has 4 heteroatoms. The van der Waals surface area contributed by atoms with E-state index in [0.29, 0.717) is 17.5 Å². The van der Waals surface area contributed by atoms with E-state index >= 15 is 0 Å². The molecule has 74 valence electrons. The molecule has 0 spiro atoms. The number of aldehydes is 1. The van der Waals surface area contributed by atoms with E-state index in [1.54, 1.807) is 18.3 Å². The Morgan fingerprint density at radius 2 is 2.43 bits per heavy atom. The average Bonchev–Trinajstić information content (AvgIpc) is 2.98. The van der Waals surface area contributed by atoms with Gasteiger partial charge in [0.05, 0.1) is 5.41 Å². The second-order valence-electron chi connectivity index (χ2n) is 3.56. The van der Waals surface area contributed by atoms with E-state index < -0.39 is 0 Å². The van der Waals surface area contributed by atoms with Crippen LogP contribution in [0.5, 0.6) is 5.88 Å². The molecule has 3 nitrogen and oxygen atoms in total. The standard InChI is InChI=1S/C10H10ClNO2/c11-8-2-1-5-12-9(8)14-7-10(6-13)3-4-10/h1-2,5-6H,3-4,7H2. The van der Waals surface area contributed by atoms with Crippen LogP contribution >= 0.6 is 11.6 Å². The minimum Gasteiger partial charge on any atom is -0.476 e. The van der Waals surface area contributed by atoms with Crippen LogP contribution in [0.25, 0.3) is 0 Å². The van der Waals surface area contributed by atoms with Crippen molar-refractivity contribution in [2.75, 3.05) is 6.61 Å². The maximum absolute atomic E-state index is 10.7. The van der Waals surface area contributed by atoms with E-state index in [4.69, 9.17) is 16.3 Å². The van der Waals surface area contributed by atoms with Crippen LogP contribution in [0, 0.1) is 5.41 Å². The maximum atomic E-state index is 10.7. The molecule has 0 aliphatic heterocycles. The lowest BCUT2D eigenvalue weighted by Crippen LogP contribution is -2.14. The number of halogens is 1. The van der Waals surface area contributed by atoms with E-state index in [1.165, 1.54) is 0 Å². The molecule has 1 saturated carbocycles. The first-order valence-electron chi connectivity index (χ1n) is 4.45. The van der Waals surface area contributed by atoms with E-state index in [9.17, 15) is 4.79 Å². The Balaban J connectivity index is 1.98. The fourth-order valence-corrected chi connectivity index (χ4v) is 1.32. The Morgan fingerprint density at radius 3 is 3.00 bits per heavy atom. The van der Waals surface area contributed by atoms with Crippen molar-refractivity contribution in [2.24, 2.45) is 5.41 Å². The molecule has 1 fully saturated rings. The van der Waals surface area contributed by atoms with Crippen LogP contribution in [0.15, 0.2) is 18.3 Å². The number of carbonyl (C=O) groups is 1. The van der Waals surface area contributed by atoms with Crippen LogP contribution in [0.3, 0.4) is 0 Å². The third kappa shape index (κ3) is 1.87. The van der Waals surface area contributed by atoms with Crippen LogP contribution in [-0.4, -0.2) is 17.9 Å². The normalized spacial score (nSPS) is 17.5. The lowest BCUT2D eigenvalue weighted by molar-refractivity contribution is -0.113. The van der Waals surface area contributed by atoms with Gasteiger partial charge in [-0.05, 0) is 25.0 Å². The van der Waals surface area contributed by atoms with Gasteiger partial charge in [0.15, 0.2) is 0 Å². The highest BCUT2D eigenvalue weighted by molar-refractivity contribution is 6.31. The first kappa shape index (κ1) is 9.46. The van der Waals surface area contributed by atoms with Gasteiger partial charge >= 0.3 is 0 Å². The number of rotatable bonds is 4. The number of pyridine rings is 1. The van der Waals surface area contributed by atoms with Crippen LogP contribution in [0.1, 0.15) is 12.8 Å². The van der Waals surface area contributed by atoms with Gasteiger partial charge in [0, 0.05) is 6.20 Å². The highest BCUT2D eigenvalue weighted by atomic mass is 35.5. The minimum atomic E-state index is -0.263. The number of hydrogen-bond acceptors (Lipinski definition) is 3. The lowest BCUT2D eigenvalue weighted by atomic mass is 10.1. The molecule has 0 N–H and O–H groups in total. The zero-order chi connectivity index (χ0) is 10.0. The molecule has 1 aromatic heterocycles. The molecule has 1 aromatic rings. The summed E-state index contributed by atoms with van der Waals surface area (Å²) in [7, 11) is 0. The Labute approximate surface area is 87.0 Å². The molecule has 0 aromatic carbocycles. The van der Waals surface area contributed by atoms with Crippen LogP contribution in [0.4, 0.5) is 0 Å². The van der Waals surface area contributed by atoms with Gasteiger partial charge in [0.2, 0.25) is 5.88 Å². The smallest absolute Gasteiger partial charge is 0.232 e. The van der Waals surface area contributed by atoms with Crippen molar-refractivity contribution in [1.82, 2.24) is 4.98 Å². The van der Waals surface area contributed by atoms with Crippen molar-refractivity contribution >= 4 is 17.9 Å². The van der Waals surface area contributed by atoms with Crippen LogP contribution < -0.4 is 4.74 Å². The molecule has 1 aliphatic carbocycles. The van der Waals surface area contributed by atoms with Gasteiger partial charge in [-0.25, -0.2) is 4.98 Å². The van der Waals surface area contributed by atoms with Crippen molar-refractivity contribution in [2.45, 2.75) is 12.8 Å². The number of aromatic nitrogens is 1. The largest absolute Gasteiger partial charge is 0.476 e. The summed E-state index contributed by atoms with van der Waals surface area (Å²) in [5.74, 6) is 0.405. The monoisotopic (exact) mass is 211 g/mol. The number of carbonyl (C=O) groups excluding carboxylic acids is 1. The van der Waals surface area contributed by atoms with Gasteiger partial charge in [0.1, 0.15) is 17.9 Å². The van der Waals surface area contributed by atoms with Gasteiger partial charge in [-0.3, -0.25) is 0 Å². The molecule has 0 unspecified atom stereocenters. The quantitative estimate of drug-likeness (QED) is 0.716. The molecule has 1 aliphatic rings. The second-order valence-corrected chi connectivity index (χ2v) is 3.97. The maximum Gasteiger partial charge on any atom is 0.232 e. The Hall–Kier alpha value is -1.09. The highest BCUT2D eigenvalue weighted by Crippen LogP contribution is 2.43. The fourth-order valence-electron chi connectivity index (χ4n) is 1.15. The van der Waals surface area contributed by atoms with Crippen molar-refractivity contribution in [3.8, 4) is 5.88 Å². The minimum absolute atomic E-state index is 0.263. The molecule has 0 amide bonds. The highest BCUT2D eigenvalue weighted by Gasteiger charge is 2.43. The predicted octanol–water partition coefficient (Wildman–Crippen LogP) is 2.09. The first-order valence-corrected chi connectivity index (χ1v) is 4.83. The number of hydrogen-bond donors (Lipinski definition) is 0. The van der Waals surface area contributed by atoms with E-state index in [2.05, 4.69) is 4.98 Å². The molecule has 0 atom stereocenters. The molecular weight excluding hydrogens is 202 g/mol. The fraction of sp³-hybridized carbons (Fsp3) is 0.400. The lowest BCUT2D eigenvalue weighted by Gasteiger charge is -2.09. The van der Waals surface area contributed by atoms with Gasteiger partial charge in [-0.1, -0.05) is 11.6 Å². The van der Waals surface area contributed by atoms with Crippen LogP contribution in [-0.2, 0) is 4.79 Å². The van der Waals surface area contributed by atoms with Gasteiger partial charge in [0.25, 0.3) is 0 Å². The van der Waals surface area contributed by atoms with Crippen molar-refractivity contribution in [3.63, 3.8) is 0 Å². The molecule has 2 rings (SSSR count). The predicted molar refractivity (Wildman–Crippen MR) is 52.5 cm³/mol. The molecule has 0 radical (unpaired) electrons. The average molecular weight is 212 g/mol. The first-order chi connectivity index (χ1) is 6.76. The third-order valence-corrected chi connectivity index (χ3v) is 2.65. The summed E-state index contributed by atoms with van der Waals surface area (Å²) in [6, 6.07) is 3.45. The Morgan fingerprint density at radius 1 is 1.64 bits per heavy atom. The van der Waals surface area contributed by atoms with Crippen LogP contribution in [0.2, 0.25) is 5.02 Å². The Bertz CT molecular complexity index is 350. The summed E-state index contributed by atoms with van der Waals surface area (Å²) in [5.41, 5.74) is -0.263. The SMILES string of the molecule is O=CC1(COc2ncccc2Cl)CC1. The number of ether oxygens (including phenoxy) is 1. The Kier molecular flexibility index (Phi) is 2.42. The van der Waals surface area contributed by atoms with E-state index in [1.807, 2.05) is 0 Å². The summed E-state index contributed by atoms with van der Waals surface area (Å²) >= 11 is 5.84. The summed E-state index contributed by atoms with van der Waals surface area (Å²) < 4.78 is 5.38. The molecular formula is C10H10ClNO2. The summed E-state index contributed by atoms with van der Waals surface area (Å²) in [5, 5.41) is 0.481. The topological polar surface area (TPSA) is 39.2 Å². The van der Waals surface area contributed by atoms with E-state index in [0.717, 1.165) is 19.1 Å². The number of nitrogens with zero attached hydrogens (tertiary/aromatic N) is 1. The second kappa shape index (κ2) is 3.58. The van der Waals surface area contributed by atoms with Crippen molar-refractivity contribution < 1.29 is 9.53 Å². The summed E-state index contributed by atoms with van der Waals surface area (Å²) in [4.78, 5) is 14.6. The van der Waals surface area contributed by atoms with Gasteiger partial charge in [-0.2, -0.15) is 0 Å². The summed E-state index contributed by atoms with van der Waals surface area (Å²) in [6.07, 6.45) is 4.38. The zero-order valence-corrected chi connectivity index (χ0v) is 8.33.